The number of aliphatic hydroxyl groups is 1. The van der Waals surface area contributed by atoms with Crippen LogP contribution in [0.15, 0.2) is 0 Å². The summed E-state index contributed by atoms with van der Waals surface area (Å²) in [6.45, 7) is 0.201. The predicted octanol–water partition coefficient (Wildman–Crippen LogP) is -0.762. The van der Waals surface area contributed by atoms with Crippen molar-refractivity contribution in [2.45, 2.75) is 24.4 Å². The summed E-state index contributed by atoms with van der Waals surface area (Å²) in [5, 5.41) is 9.96. The fourth-order valence-corrected chi connectivity index (χ4v) is 1.42. The third-order valence-electron chi connectivity index (χ3n) is 2.35. The number of hydrogen-bond donors (Lipinski definition) is 1. The van der Waals surface area contributed by atoms with E-state index < -0.39 is 24.4 Å². The lowest BCUT2D eigenvalue weighted by Gasteiger charge is -2.30. The second-order valence-corrected chi connectivity index (χ2v) is 3.26. The van der Waals surface area contributed by atoms with Gasteiger partial charge in [-0.25, -0.2) is 0 Å². The molecule has 0 fully saturated rings. The maximum atomic E-state index is 10.7. The molecule has 0 aromatic rings. The largest absolute Gasteiger partial charge is 0.387 e. The zero-order chi connectivity index (χ0) is 12.6. The molecule has 0 bridgehead atoms. The zero-order valence-corrected chi connectivity index (χ0v) is 10.1. The van der Waals surface area contributed by atoms with Crippen LogP contribution >= 0.6 is 0 Å². The van der Waals surface area contributed by atoms with Crippen molar-refractivity contribution in [1.82, 2.24) is 0 Å². The van der Waals surface area contributed by atoms with Gasteiger partial charge in [0.15, 0.2) is 6.29 Å². The van der Waals surface area contributed by atoms with Gasteiger partial charge in [0.05, 0.1) is 6.61 Å². The molecule has 0 aliphatic rings. The van der Waals surface area contributed by atoms with E-state index in [-0.39, 0.29) is 6.61 Å². The summed E-state index contributed by atoms with van der Waals surface area (Å²) in [5.41, 5.74) is 0. The molecule has 1 N–H and O–H groups in total. The molecule has 0 spiro atoms. The van der Waals surface area contributed by atoms with E-state index in [1.165, 1.54) is 28.4 Å². The van der Waals surface area contributed by atoms with Gasteiger partial charge in [0.25, 0.3) is 0 Å². The van der Waals surface area contributed by atoms with Crippen LogP contribution in [0.25, 0.3) is 0 Å². The Morgan fingerprint density at radius 2 is 1.75 bits per heavy atom. The molecule has 0 aromatic carbocycles. The van der Waals surface area contributed by atoms with Crippen molar-refractivity contribution < 1.29 is 28.8 Å². The first-order valence-electron chi connectivity index (χ1n) is 4.86. The lowest BCUT2D eigenvalue weighted by molar-refractivity contribution is -0.153. The number of methoxy groups -OCH3 is 4. The molecule has 0 amide bonds. The van der Waals surface area contributed by atoms with Gasteiger partial charge < -0.3 is 28.8 Å². The van der Waals surface area contributed by atoms with Crippen LogP contribution in [0.1, 0.15) is 0 Å². The third-order valence-corrected chi connectivity index (χ3v) is 2.35. The van der Waals surface area contributed by atoms with E-state index in [1.807, 2.05) is 0 Å². The van der Waals surface area contributed by atoms with Gasteiger partial charge in [-0.1, -0.05) is 0 Å². The fourth-order valence-electron chi connectivity index (χ4n) is 1.42. The van der Waals surface area contributed by atoms with Crippen LogP contribution in [0.4, 0.5) is 0 Å². The molecule has 0 radical (unpaired) electrons. The quantitative estimate of drug-likeness (QED) is 0.530. The van der Waals surface area contributed by atoms with Gasteiger partial charge in [0.2, 0.25) is 0 Å². The van der Waals surface area contributed by atoms with Crippen LogP contribution in [-0.2, 0) is 23.7 Å². The van der Waals surface area contributed by atoms with E-state index >= 15 is 0 Å². The van der Waals surface area contributed by atoms with E-state index in [2.05, 4.69) is 0 Å². The Kier molecular flexibility index (Phi) is 8.32. The van der Waals surface area contributed by atoms with Gasteiger partial charge >= 0.3 is 0 Å². The van der Waals surface area contributed by atoms with Crippen LogP contribution in [-0.4, -0.2) is 70.9 Å². The Labute approximate surface area is 95.4 Å². The highest BCUT2D eigenvalue weighted by atomic mass is 16.6. The standard InChI is InChI=1S/C10H20O6/c1-13-6-8(15-3)9(12)10(16-4)7(5-11)14-2/h5,7-10,12H,6H2,1-4H3. The second kappa shape index (κ2) is 8.60. The molecular weight excluding hydrogens is 216 g/mol. The van der Waals surface area contributed by atoms with Gasteiger partial charge in [0.1, 0.15) is 24.4 Å². The number of carbonyl (C=O) groups excluding carboxylic acids is 1. The average molecular weight is 236 g/mol. The Bertz CT molecular complexity index is 186. The number of aliphatic hydroxyl groups excluding tert-OH is 1. The van der Waals surface area contributed by atoms with Crippen molar-refractivity contribution in [3.05, 3.63) is 0 Å². The summed E-state index contributed by atoms with van der Waals surface area (Å²) in [5.74, 6) is 0. The molecule has 0 rings (SSSR count). The molecule has 0 saturated carbocycles. The highest BCUT2D eigenvalue weighted by Gasteiger charge is 2.34. The summed E-state index contributed by atoms with van der Waals surface area (Å²) in [7, 11) is 5.70. The van der Waals surface area contributed by atoms with Crippen molar-refractivity contribution in [3.8, 4) is 0 Å². The normalized spacial score (nSPS) is 18.8. The molecule has 0 aliphatic carbocycles. The van der Waals surface area contributed by atoms with E-state index in [9.17, 15) is 9.90 Å². The maximum Gasteiger partial charge on any atom is 0.151 e. The molecule has 4 atom stereocenters. The summed E-state index contributed by atoms with van der Waals surface area (Å²) >= 11 is 0. The number of hydrogen-bond acceptors (Lipinski definition) is 6. The van der Waals surface area contributed by atoms with E-state index in [1.54, 1.807) is 0 Å². The first-order chi connectivity index (χ1) is 7.65. The van der Waals surface area contributed by atoms with E-state index in [0.717, 1.165) is 0 Å². The molecule has 0 aromatic heterocycles. The van der Waals surface area contributed by atoms with Crippen LogP contribution in [0.3, 0.4) is 0 Å². The first kappa shape index (κ1) is 15.5. The zero-order valence-electron chi connectivity index (χ0n) is 10.1. The van der Waals surface area contributed by atoms with Crippen LogP contribution in [0, 0.1) is 0 Å². The van der Waals surface area contributed by atoms with Gasteiger partial charge in [-0.3, -0.25) is 0 Å². The smallest absolute Gasteiger partial charge is 0.151 e. The molecule has 6 nitrogen and oxygen atoms in total. The lowest BCUT2D eigenvalue weighted by atomic mass is 10.0. The molecule has 0 aliphatic heterocycles. The van der Waals surface area contributed by atoms with Gasteiger partial charge in [-0.05, 0) is 0 Å². The van der Waals surface area contributed by atoms with Crippen LogP contribution in [0.5, 0.6) is 0 Å². The maximum absolute atomic E-state index is 10.7. The summed E-state index contributed by atoms with van der Waals surface area (Å²) < 4.78 is 19.9. The Morgan fingerprint density at radius 1 is 1.12 bits per heavy atom. The fraction of sp³-hybridized carbons (Fsp3) is 0.900. The van der Waals surface area contributed by atoms with Crippen LogP contribution in [0.2, 0.25) is 0 Å². The summed E-state index contributed by atoms with van der Waals surface area (Å²) in [6.07, 6.45) is -2.63. The SMILES string of the molecule is COCC(OC)C(O)C(OC)C(C=O)OC. The van der Waals surface area contributed by atoms with E-state index in [4.69, 9.17) is 18.9 Å². The van der Waals surface area contributed by atoms with E-state index in [0.29, 0.717) is 6.29 Å². The molecular formula is C10H20O6. The first-order valence-corrected chi connectivity index (χ1v) is 4.86. The third kappa shape index (κ3) is 4.15. The number of rotatable bonds is 9. The van der Waals surface area contributed by atoms with Crippen molar-refractivity contribution in [2.24, 2.45) is 0 Å². The summed E-state index contributed by atoms with van der Waals surface area (Å²) in [4.78, 5) is 10.7. The minimum absolute atomic E-state index is 0.201. The molecule has 0 heterocycles. The summed E-state index contributed by atoms with van der Waals surface area (Å²) in [6, 6.07) is 0. The van der Waals surface area contributed by atoms with Crippen molar-refractivity contribution >= 4 is 6.29 Å². The Balaban J connectivity index is 4.58. The minimum atomic E-state index is -1.01. The lowest BCUT2D eigenvalue weighted by Crippen LogP contribution is -2.49. The number of ether oxygens (including phenoxy) is 4. The second-order valence-electron chi connectivity index (χ2n) is 3.26. The average Bonchev–Trinajstić information content (AvgIpc) is 2.31. The number of aldehydes is 1. The van der Waals surface area contributed by atoms with Crippen molar-refractivity contribution in [3.63, 3.8) is 0 Å². The molecule has 6 heteroatoms. The Morgan fingerprint density at radius 3 is 2.06 bits per heavy atom. The monoisotopic (exact) mass is 236 g/mol. The highest BCUT2D eigenvalue weighted by Crippen LogP contribution is 2.12. The number of carbonyl (C=O) groups is 1. The minimum Gasteiger partial charge on any atom is -0.387 e. The molecule has 16 heavy (non-hydrogen) atoms. The topological polar surface area (TPSA) is 74.2 Å². The molecule has 4 unspecified atom stereocenters. The van der Waals surface area contributed by atoms with Crippen molar-refractivity contribution in [1.29, 1.82) is 0 Å². The molecule has 0 saturated heterocycles. The Hall–Kier alpha value is -0.530. The molecule has 96 valence electrons. The van der Waals surface area contributed by atoms with Gasteiger partial charge in [0, 0.05) is 28.4 Å². The van der Waals surface area contributed by atoms with Gasteiger partial charge in [-0.15, -0.1) is 0 Å². The van der Waals surface area contributed by atoms with Gasteiger partial charge in [-0.2, -0.15) is 0 Å². The highest BCUT2D eigenvalue weighted by molar-refractivity contribution is 5.57. The van der Waals surface area contributed by atoms with Crippen molar-refractivity contribution in [2.75, 3.05) is 35.0 Å². The van der Waals surface area contributed by atoms with Crippen LogP contribution < -0.4 is 0 Å². The predicted molar refractivity (Wildman–Crippen MR) is 56.3 cm³/mol.